The highest BCUT2D eigenvalue weighted by Crippen LogP contribution is 2.62. The molecule has 2 aliphatic carbocycles. The summed E-state index contributed by atoms with van der Waals surface area (Å²) < 4.78 is 0. The second-order valence-electron chi connectivity index (χ2n) is 3.59. The molecule has 0 amide bonds. The second-order valence-corrected chi connectivity index (χ2v) is 3.59. The Labute approximate surface area is 71.6 Å². The zero-order chi connectivity index (χ0) is 8.77. The maximum Gasteiger partial charge on any atom is 0.332 e. The number of hydrogen-bond donors (Lipinski definition) is 1. The van der Waals surface area contributed by atoms with E-state index in [-0.39, 0.29) is 5.41 Å². The average Bonchev–Trinajstić information content (AvgIpc) is 2.52. The summed E-state index contributed by atoms with van der Waals surface area (Å²) in [5.41, 5.74) is 0.523. The zero-order valence-electron chi connectivity index (χ0n) is 7.08. The molecule has 1 fully saturated rings. The minimum atomic E-state index is -0.754. The third-order valence-electron chi connectivity index (χ3n) is 3.03. The average molecular weight is 164 g/mol. The Morgan fingerprint density at radius 1 is 1.83 bits per heavy atom. The molecule has 0 aliphatic heterocycles. The molecule has 12 heavy (non-hydrogen) atoms. The van der Waals surface area contributed by atoms with Gasteiger partial charge in [0, 0.05) is 11.0 Å². The van der Waals surface area contributed by atoms with Crippen molar-refractivity contribution in [3.05, 3.63) is 23.8 Å². The molecule has 1 saturated carbocycles. The highest BCUT2D eigenvalue weighted by molar-refractivity contribution is 5.91. The molecule has 2 rings (SSSR count). The first kappa shape index (κ1) is 7.59. The third kappa shape index (κ3) is 0.779. The Kier molecular flexibility index (Phi) is 1.40. The molecular weight excluding hydrogens is 152 g/mol. The lowest BCUT2D eigenvalue weighted by Crippen LogP contribution is -2.11. The molecule has 2 unspecified atom stereocenters. The number of carboxylic acids is 1. The molecule has 0 radical (unpaired) electrons. The smallest absolute Gasteiger partial charge is 0.332 e. The summed E-state index contributed by atoms with van der Waals surface area (Å²) in [7, 11) is 0. The zero-order valence-corrected chi connectivity index (χ0v) is 7.08. The van der Waals surface area contributed by atoms with Gasteiger partial charge in [-0.1, -0.05) is 31.6 Å². The summed E-state index contributed by atoms with van der Waals surface area (Å²) in [5, 5.41) is 8.89. The van der Waals surface area contributed by atoms with E-state index in [1.54, 1.807) is 6.08 Å². The first-order chi connectivity index (χ1) is 5.70. The maximum absolute atomic E-state index is 10.8. The van der Waals surface area contributed by atoms with E-state index in [1.165, 1.54) is 0 Å². The lowest BCUT2D eigenvalue weighted by molar-refractivity contribution is -0.133. The Morgan fingerprint density at radius 3 is 3.08 bits per heavy atom. The summed E-state index contributed by atoms with van der Waals surface area (Å²) in [6, 6.07) is 0. The minimum absolute atomic E-state index is 0.0689. The molecule has 2 atom stereocenters. The van der Waals surface area contributed by atoms with Crippen LogP contribution < -0.4 is 0 Å². The van der Waals surface area contributed by atoms with Crippen LogP contribution in [-0.2, 0) is 4.79 Å². The number of carboxylic acid groups (broad SMARTS) is 1. The summed E-state index contributed by atoms with van der Waals surface area (Å²) in [6.07, 6.45) is 7.76. The fraction of sp³-hybridized carbons (Fsp3) is 0.500. The fourth-order valence-corrected chi connectivity index (χ4v) is 2.22. The highest BCUT2D eigenvalue weighted by Gasteiger charge is 2.56. The molecule has 1 spiro atoms. The Morgan fingerprint density at radius 2 is 2.58 bits per heavy atom. The van der Waals surface area contributed by atoms with E-state index in [4.69, 9.17) is 5.11 Å². The van der Waals surface area contributed by atoms with E-state index < -0.39 is 5.97 Å². The van der Waals surface area contributed by atoms with Crippen LogP contribution in [-0.4, -0.2) is 11.1 Å². The van der Waals surface area contributed by atoms with Crippen molar-refractivity contribution in [3.63, 3.8) is 0 Å². The van der Waals surface area contributed by atoms with Crippen molar-refractivity contribution in [1.82, 2.24) is 0 Å². The van der Waals surface area contributed by atoms with Gasteiger partial charge in [-0.2, -0.15) is 0 Å². The lowest BCUT2D eigenvalue weighted by Gasteiger charge is -2.08. The molecule has 2 nitrogen and oxygen atoms in total. The normalized spacial score (nSPS) is 37.1. The summed E-state index contributed by atoms with van der Waals surface area (Å²) in [5.74, 6) is -0.186. The molecular formula is C10H12O2. The summed E-state index contributed by atoms with van der Waals surface area (Å²) >= 11 is 0. The van der Waals surface area contributed by atoms with E-state index in [9.17, 15) is 4.79 Å². The molecule has 2 heteroatoms. The van der Waals surface area contributed by atoms with Crippen molar-refractivity contribution in [1.29, 1.82) is 0 Å². The van der Waals surface area contributed by atoms with Crippen LogP contribution >= 0.6 is 0 Å². The van der Waals surface area contributed by atoms with Gasteiger partial charge in [0.05, 0.1) is 0 Å². The van der Waals surface area contributed by atoms with Crippen molar-refractivity contribution >= 4 is 5.97 Å². The van der Waals surface area contributed by atoms with Crippen molar-refractivity contribution in [2.24, 2.45) is 11.3 Å². The molecule has 0 heterocycles. The highest BCUT2D eigenvalue weighted by atomic mass is 16.4. The van der Waals surface area contributed by atoms with E-state index in [1.807, 2.05) is 12.2 Å². The number of carbonyl (C=O) groups is 1. The first-order valence-electron chi connectivity index (χ1n) is 4.34. The minimum Gasteiger partial charge on any atom is -0.478 e. The predicted octanol–water partition coefficient (Wildman–Crippen LogP) is 1.98. The number of hydrogen-bond acceptors (Lipinski definition) is 1. The largest absolute Gasteiger partial charge is 0.478 e. The van der Waals surface area contributed by atoms with Crippen LogP contribution in [0.2, 0.25) is 0 Å². The summed E-state index contributed by atoms with van der Waals surface area (Å²) in [6.45, 7) is 2.12. The van der Waals surface area contributed by atoms with E-state index in [2.05, 4.69) is 6.92 Å². The van der Waals surface area contributed by atoms with Gasteiger partial charge < -0.3 is 5.11 Å². The van der Waals surface area contributed by atoms with Crippen LogP contribution in [0.3, 0.4) is 0 Å². The number of aliphatic carboxylic acids is 1. The number of rotatable bonds is 2. The topological polar surface area (TPSA) is 37.3 Å². The van der Waals surface area contributed by atoms with Crippen LogP contribution in [0.15, 0.2) is 23.8 Å². The van der Waals surface area contributed by atoms with Gasteiger partial charge in [-0.05, 0) is 12.3 Å². The fourth-order valence-electron chi connectivity index (χ4n) is 2.22. The van der Waals surface area contributed by atoms with E-state index in [0.717, 1.165) is 12.8 Å². The Balaban J connectivity index is 2.25. The van der Waals surface area contributed by atoms with Crippen molar-refractivity contribution in [3.8, 4) is 0 Å². The third-order valence-corrected chi connectivity index (χ3v) is 3.03. The van der Waals surface area contributed by atoms with Crippen molar-refractivity contribution < 1.29 is 9.90 Å². The monoisotopic (exact) mass is 164 g/mol. The van der Waals surface area contributed by atoms with Crippen LogP contribution in [0.4, 0.5) is 0 Å². The van der Waals surface area contributed by atoms with Gasteiger partial charge in [0.25, 0.3) is 0 Å². The predicted molar refractivity (Wildman–Crippen MR) is 45.7 cm³/mol. The van der Waals surface area contributed by atoms with Gasteiger partial charge in [-0.25, -0.2) is 4.79 Å². The van der Waals surface area contributed by atoms with E-state index >= 15 is 0 Å². The van der Waals surface area contributed by atoms with Gasteiger partial charge >= 0.3 is 5.97 Å². The van der Waals surface area contributed by atoms with E-state index in [0.29, 0.717) is 11.5 Å². The lowest BCUT2D eigenvalue weighted by atomic mass is 9.96. The van der Waals surface area contributed by atoms with Gasteiger partial charge in [-0.15, -0.1) is 0 Å². The molecule has 0 aromatic carbocycles. The van der Waals surface area contributed by atoms with Gasteiger partial charge in [0.15, 0.2) is 0 Å². The second kappa shape index (κ2) is 2.22. The Bertz CT molecular complexity index is 288. The molecule has 0 saturated heterocycles. The molecule has 64 valence electrons. The van der Waals surface area contributed by atoms with Crippen LogP contribution in [0.1, 0.15) is 19.8 Å². The maximum atomic E-state index is 10.8. The van der Waals surface area contributed by atoms with Crippen molar-refractivity contribution in [2.45, 2.75) is 19.8 Å². The molecule has 0 bridgehead atoms. The molecule has 0 aromatic heterocycles. The molecule has 1 N–H and O–H groups in total. The first-order valence-corrected chi connectivity index (χ1v) is 4.34. The van der Waals surface area contributed by atoms with Gasteiger partial charge in [0.2, 0.25) is 0 Å². The number of allylic oxidation sites excluding steroid dienone is 3. The quantitative estimate of drug-likeness (QED) is 0.677. The summed E-state index contributed by atoms with van der Waals surface area (Å²) in [4.78, 5) is 10.8. The van der Waals surface area contributed by atoms with Crippen molar-refractivity contribution in [2.75, 3.05) is 0 Å². The van der Waals surface area contributed by atoms with Crippen LogP contribution in [0.5, 0.6) is 0 Å². The van der Waals surface area contributed by atoms with Crippen LogP contribution in [0.25, 0.3) is 0 Å². The molecule has 0 aromatic rings. The van der Waals surface area contributed by atoms with Gasteiger partial charge in [-0.3, -0.25) is 0 Å². The molecule has 2 aliphatic rings. The standard InChI is InChI=1S/C10H12O2/c1-2-7-6-10(7)5-3-4-8(10)9(11)12/h3-5,7H,2,6H2,1H3,(H,11,12). The van der Waals surface area contributed by atoms with Crippen LogP contribution in [0, 0.1) is 11.3 Å². The van der Waals surface area contributed by atoms with Gasteiger partial charge in [0.1, 0.15) is 0 Å². The SMILES string of the molecule is CCC1CC12C=CC=C2C(=O)O. The Hall–Kier alpha value is -1.05.